The van der Waals surface area contributed by atoms with Crippen LogP contribution in [0.15, 0.2) is 33.2 Å². The van der Waals surface area contributed by atoms with Gasteiger partial charge in [-0.2, -0.15) is 0 Å². The zero-order valence-electron chi connectivity index (χ0n) is 15.2. The van der Waals surface area contributed by atoms with E-state index in [4.69, 9.17) is 0 Å². The highest BCUT2D eigenvalue weighted by Crippen LogP contribution is 2.42. The summed E-state index contributed by atoms with van der Waals surface area (Å²) in [6.07, 6.45) is 1.73. The van der Waals surface area contributed by atoms with Crippen LogP contribution in [0.4, 0.5) is 0 Å². The molecule has 0 unspecified atom stereocenters. The van der Waals surface area contributed by atoms with Crippen LogP contribution in [0.25, 0.3) is 5.57 Å². The predicted octanol–water partition coefficient (Wildman–Crippen LogP) is 3.30. The molecule has 1 aromatic rings. The molecule has 1 aromatic heterocycles. The van der Waals surface area contributed by atoms with E-state index in [1.54, 1.807) is 0 Å². The number of Topliss-reactive ketones (excluding diaryl/α,β-unsaturated/α-hetero) is 1. The molecule has 2 heterocycles. The second kappa shape index (κ2) is 5.62. The van der Waals surface area contributed by atoms with E-state index < -0.39 is 0 Å². The number of hydrogen-bond acceptors (Lipinski definition) is 3. The first kappa shape index (κ1) is 16.5. The van der Waals surface area contributed by atoms with Gasteiger partial charge < -0.3 is 10.1 Å². The Morgan fingerprint density at radius 1 is 1.04 bits per heavy atom. The first-order chi connectivity index (χ1) is 11.3. The Balaban J connectivity index is 2.15. The van der Waals surface area contributed by atoms with Crippen molar-refractivity contribution in [1.29, 1.82) is 0 Å². The number of carbonyl (C=O) groups excluding carboxylic acids is 1. The van der Waals surface area contributed by atoms with Gasteiger partial charge in [0.15, 0.2) is 5.78 Å². The highest BCUT2D eigenvalue weighted by Gasteiger charge is 2.35. The monoisotopic (exact) mass is 323 g/mol. The number of aryl methyl sites for hydroxylation is 1. The van der Waals surface area contributed by atoms with Crippen molar-refractivity contribution < 1.29 is 9.90 Å². The van der Waals surface area contributed by atoms with E-state index in [-0.39, 0.29) is 22.7 Å². The maximum Gasteiger partial charge on any atom is 0.196 e. The van der Waals surface area contributed by atoms with E-state index in [1.807, 2.05) is 27.7 Å². The van der Waals surface area contributed by atoms with Gasteiger partial charge in [-0.15, -0.1) is 0 Å². The summed E-state index contributed by atoms with van der Waals surface area (Å²) in [6, 6.07) is 0. The molecule has 0 bridgehead atoms. The molecule has 4 heteroatoms. The van der Waals surface area contributed by atoms with Gasteiger partial charge in [-0.1, -0.05) is 19.6 Å². The van der Waals surface area contributed by atoms with Gasteiger partial charge in [-0.05, 0) is 62.8 Å². The molecular weight excluding hydrogens is 300 g/mol. The van der Waals surface area contributed by atoms with Gasteiger partial charge in [0.05, 0.1) is 11.4 Å². The van der Waals surface area contributed by atoms with E-state index in [1.165, 1.54) is 5.56 Å². The number of ketones is 1. The van der Waals surface area contributed by atoms with Crippen LogP contribution in [0.1, 0.15) is 56.6 Å². The molecule has 24 heavy (non-hydrogen) atoms. The van der Waals surface area contributed by atoms with Crippen molar-refractivity contribution in [3.63, 3.8) is 0 Å². The maximum atomic E-state index is 12.7. The van der Waals surface area contributed by atoms with Crippen LogP contribution in [0.2, 0.25) is 0 Å². The first-order valence-corrected chi connectivity index (χ1v) is 8.48. The van der Waals surface area contributed by atoms with Gasteiger partial charge in [-0.3, -0.25) is 9.79 Å². The Morgan fingerprint density at radius 2 is 1.71 bits per heavy atom. The number of allylic oxidation sites excluding steroid dienone is 4. The summed E-state index contributed by atoms with van der Waals surface area (Å²) in [5.41, 5.74) is 7.98. The molecule has 1 N–H and O–H groups in total. The fourth-order valence-electron chi connectivity index (χ4n) is 3.90. The van der Waals surface area contributed by atoms with Crippen LogP contribution >= 0.6 is 0 Å². The third kappa shape index (κ3) is 2.05. The number of aromatic nitrogens is 1. The van der Waals surface area contributed by atoms with Crippen LogP contribution in [0.5, 0.6) is 0 Å². The van der Waals surface area contributed by atoms with Gasteiger partial charge in [0.25, 0.3) is 0 Å². The van der Waals surface area contributed by atoms with Gasteiger partial charge in [0, 0.05) is 22.6 Å². The molecule has 0 spiro atoms. The Bertz CT molecular complexity index is 889. The Kier molecular flexibility index (Phi) is 3.86. The zero-order chi connectivity index (χ0) is 17.8. The molecule has 126 valence electrons. The van der Waals surface area contributed by atoms with Crippen molar-refractivity contribution in [3.05, 3.63) is 50.7 Å². The van der Waals surface area contributed by atoms with E-state index in [2.05, 4.69) is 23.8 Å². The third-order valence-corrected chi connectivity index (χ3v) is 5.22. The van der Waals surface area contributed by atoms with Crippen molar-refractivity contribution in [2.45, 2.75) is 54.4 Å². The lowest BCUT2D eigenvalue weighted by Crippen LogP contribution is -2.30. The second-order valence-corrected chi connectivity index (χ2v) is 6.49. The largest absolute Gasteiger partial charge is 0.871 e. The predicted molar refractivity (Wildman–Crippen MR) is 94.7 cm³/mol. The van der Waals surface area contributed by atoms with Gasteiger partial charge in [-0.25, -0.2) is 0 Å². The Labute approximate surface area is 142 Å². The molecule has 1 aliphatic heterocycles. The molecule has 0 saturated heterocycles. The summed E-state index contributed by atoms with van der Waals surface area (Å²) >= 11 is 0. The number of nitrogens with one attached hydrogen (secondary N) is 1. The molecule has 0 amide bonds. The minimum atomic E-state index is -0.185. The molecule has 0 saturated carbocycles. The van der Waals surface area contributed by atoms with Crippen molar-refractivity contribution in [2.24, 2.45) is 4.99 Å². The van der Waals surface area contributed by atoms with E-state index >= 15 is 0 Å². The maximum absolute atomic E-state index is 12.7. The zero-order valence-corrected chi connectivity index (χ0v) is 15.2. The summed E-state index contributed by atoms with van der Waals surface area (Å²) in [6.45, 7) is 12.0. The molecule has 0 aromatic carbocycles. The Hall–Kier alpha value is -2.36. The van der Waals surface area contributed by atoms with Crippen molar-refractivity contribution in [2.75, 3.05) is 0 Å². The number of nitrogens with zero attached hydrogens (tertiary/aromatic N) is 1. The minimum absolute atomic E-state index is 0.185. The molecular formula is C20H23N2O2-. The third-order valence-electron chi connectivity index (χ3n) is 5.22. The van der Waals surface area contributed by atoms with Crippen molar-refractivity contribution in [3.8, 4) is 0 Å². The fraction of sp³-hybridized carbons (Fsp3) is 0.400. The van der Waals surface area contributed by atoms with Gasteiger partial charge in [0.1, 0.15) is 0 Å². The minimum Gasteiger partial charge on any atom is -0.871 e. The summed E-state index contributed by atoms with van der Waals surface area (Å²) in [7, 11) is 0. The normalized spacial score (nSPS) is 20.9. The molecule has 0 radical (unpaired) electrons. The highest BCUT2D eigenvalue weighted by molar-refractivity contribution is 6.39. The molecule has 4 nitrogen and oxygen atoms in total. The average molecular weight is 323 g/mol. The van der Waals surface area contributed by atoms with E-state index in [0.29, 0.717) is 11.4 Å². The molecule has 2 aliphatic rings. The number of aromatic amines is 1. The standard InChI is InChI=1S/C20H24N2O2/c1-7-13-9(3)17(21-11(13)5)15-19(23)16(20(15)24)18-10(4)14(8-2)12(6)22-18/h21,23H,7-8H2,1-6H3/p-1. The first-order valence-electron chi connectivity index (χ1n) is 8.48. The molecule has 1 aliphatic carbocycles. The summed E-state index contributed by atoms with van der Waals surface area (Å²) in [5, 5.41) is 12.7. The Morgan fingerprint density at radius 3 is 2.17 bits per heavy atom. The lowest BCUT2D eigenvalue weighted by atomic mass is 9.82. The van der Waals surface area contributed by atoms with Crippen molar-refractivity contribution >= 4 is 17.1 Å². The van der Waals surface area contributed by atoms with Gasteiger partial charge in [0.2, 0.25) is 0 Å². The lowest BCUT2D eigenvalue weighted by Gasteiger charge is -2.31. The van der Waals surface area contributed by atoms with Crippen LogP contribution in [-0.2, 0) is 11.2 Å². The molecule has 0 fully saturated rings. The quantitative estimate of drug-likeness (QED) is 0.867. The summed E-state index contributed by atoms with van der Waals surface area (Å²) in [5.74, 6) is -0.370. The van der Waals surface area contributed by atoms with Crippen LogP contribution in [-0.4, -0.2) is 16.5 Å². The second-order valence-electron chi connectivity index (χ2n) is 6.49. The van der Waals surface area contributed by atoms with Gasteiger partial charge >= 0.3 is 0 Å². The molecule has 0 atom stereocenters. The van der Waals surface area contributed by atoms with E-state index in [9.17, 15) is 9.90 Å². The van der Waals surface area contributed by atoms with Crippen LogP contribution < -0.4 is 5.11 Å². The fourth-order valence-corrected chi connectivity index (χ4v) is 3.90. The molecule has 3 rings (SSSR count). The lowest BCUT2D eigenvalue weighted by molar-refractivity contribution is -0.297. The average Bonchev–Trinajstić information content (AvgIpc) is 2.96. The smallest absolute Gasteiger partial charge is 0.196 e. The summed E-state index contributed by atoms with van der Waals surface area (Å²) < 4.78 is 0. The number of hydrogen-bond donors (Lipinski definition) is 1. The SMILES string of the molecule is CCC1=C(C)C(=C2C(=O)C(c3[nH]c(C)c(CC)c3C)=C2[O-])N=C1C. The number of H-pyrrole nitrogens is 1. The number of carbonyl (C=O) groups is 1. The van der Waals surface area contributed by atoms with Crippen LogP contribution in [0, 0.1) is 13.8 Å². The van der Waals surface area contributed by atoms with E-state index in [0.717, 1.165) is 41.0 Å². The highest BCUT2D eigenvalue weighted by atomic mass is 16.3. The summed E-state index contributed by atoms with van der Waals surface area (Å²) in [4.78, 5) is 20.5. The number of aliphatic imine (C=N–C) groups is 1. The van der Waals surface area contributed by atoms with Crippen molar-refractivity contribution in [1.82, 2.24) is 4.98 Å². The topological polar surface area (TPSA) is 68.3 Å². The van der Waals surface area contributed by atoms with Crippen LogP contribution in [0.3, 0.4) is 0 Å². The number of rotatable bonds is 3.